The third-order valence-electron chi connectivity index (χ3n) is 7.63. The molecule has 2 aliphatic rings. The number of aryl methyl sites for hydroxylation is 1. The van der Waals surface area contributed by atoms with Gasteiger partial charge in [-0.15, -0.1) is 0 Å². The van der Waals surface area contributed by atoms with E-state index in [1.165, 1.54) is 5.56 Å². The normalized spacial score (nSPS) is 19.3. The lowest BCUT2D eigenvalue weighted by molar-refractivity contribution is 0.382. The molecule has 4 aromatic rings. The maximum absolute atomic E-state index is 12.4. The van der Waals surface area contributed by atoms with Crippen molar-refractivity contribution >= 4 is 49.5 Å². The second kappa shape index (κ2) is 9.50. The summed E-state index contributed by atoms with van der Waals surface area (Å²) in [6.45, 7) is 5.89. The molecule has 38 heavy (non-hydrogen) atoms. The molecule has 2 aliphatic heterocycles. The summed E-state index contributed by atoms with van der Waals surface area (Å²) in [6.07, 6.45) is 6.95. The maximum Gasteiger partial charge on any atom is 0.166 e. The van der Waals surface area contributed by atoms with Crippen molar-refractivity contribution in [3.63, 3.8) is 0 Å². The van der Waals surface area contributed by atoms with Crippen LogP contribution in [0, 0.1) is 5.92 Å². The lowest BCUT2D eigenvalue weighted by Gasteiger charge is -2.44. The summed E-state index contributed by atoms with van der Waals surface area (Å²) in [5.41, 5.74) is 3.00. The summed E-state index contributed by atoms with van der Waals surface area (Å²) in [7, 11) is -1.14. The number of halogens is 1. The van der Waals surface area contributed by atoms with Crippen LogP contribution in [0.3, 0.4) is 0 Å². The summed E-state index contributed by atoms with van der Waals surface area (Å²) >= 11 is 6.24. The molecule has 0 unspecified atom stereocenters. The Balaban J connectivity index is 1.29. The van der Waals surface area contributed by atoms with Crippen molar-refractivity contribution in [2.24, 2.45) is 13.0 Å². The molecule has 6 rings (SSSR count). The van der Waals surface area contributed by atoms with Gasteiger partial charge in [0.15, 0.2) is 20.8 Å². The highest BCUT2D eigenvalue weighted by Crippen LogP contribution is 2.40. The van der Waals surface area contributed by atoms with E-state index >= 15 is 0 Å². The van der Waals surface area contributed by atoms with Gasteiger partial charge >= 0.3 is 0 Å². The molecular formula is C27H30ClN7O2S. The molecule has 198 valence electrons. The van der Waals surface area contributed by atoms with Crippen LogP contribution < -0.4 is 10.2 Å². The van der Waals surface area contributed by atoms with Gasteiger partial charge in [0.05, 0.1) is 16.6 Å². The molecule has 0 bridgehead atoms. The summed E-state index contributed by atoms with van der Waals surface area (Å²) in [5.74, 6) is 2.63. The first-order chi connectivity index (χ1) is 18.2. The zero-order valence-electron chi connectivity index (χ0n) is 21.6. The number of benzene rings is 1. The van der Waals surface area contributed by atoms with E-state index in [1.54, 1.807) is 30.2 Å². The first-order valence-corrected chi connectivity index (χ1v) is 15.0. The Labute approximate surface area is 227 Å². The van der Waals surface area contributed by atoms with Crippen LogP contribution in [0.1, 0.15) is 38.2 Å². The number of anilines is 3. The quantitative estimate of drug-likeness (QED) is 0.358. The second-order valence-electron chi connectivity index (χ2n) is 10.6. The highest BCUT2D eigenvalue weighted by molar-refractivity contribution is 7.92. The zero-order valence-corrected chi connectivity index (χ0v) is 23.2. The van der Waals surface area contributed by atoms with E-state index in [0.717, 1.165) is 42.4 Å². The smallest absolute Gasteiger partial charge is 0.166 e. The number of fused-ring (bicyclic) bond motifs is 1. The van der Waals surface area contributed by atoms with Crippen LogP contribution in [-0.2, 0) is 16.9 Å². The van der Waals surface area contributed by atoms with Crippen LogP contribution in [0.15, 0.2) is 42.9 Å². The number of sulfone groups is 1. The summed E-state index contributed by atoms with van der Waals surface area (Å²) in [4.78, 5) is 16.0. The number of nitrogens with zero attached hydrogens (tertiary/aromatic N) is 6. The fourth-order valence-electron chi connectivity index (χ4n) is 5.68. The van der Waals surface area contributed by atoms with Crippen LogP contribution in [0.4, 0.5) is 17.3 Å². The molecule has 1 N–H and O–H groups in total. The van der Waals surface area contributed by atoms with Gasteiger partial charge in [0, 0.05) is 55.7 Å². The van der Waals surface area contributed by atoms with Crippen molar-refractivity contribution in [2.45, 2.75) is 37.9 Å². The Hall–Kier alpha value is -3.24. The number of rotatable bonds is 6. The van der Waals surface area contributed by atoms with Gasteiger partial charge in [-0.1, -0.05) is 31.5 Å². The molecule has 1 atom stereocenters. The largest absolute Gasteiger partial charge is 0.370 e. The number of pyridine rings is 1. The molecule has 0 radical (unpaired) electrons. The van der Waals surface area contributed by atoms with Gasteiger partial charge in [0.1, 0.15) is 11.6 Å². The van der Waals surface area contributed by atoms with Crippen LogP contribution >= 0.6 is 11.6 Å². The summed E-state index contributed by atoms with van der Waals surface area (Å²) < 4.78 is 26.5. The zero-order chi connectivity index (χ0) is 26.6. The SMILES string of the molecule is CC(C)c1ccc(N2CC([C@@H]3CCCS3(=O)=O)C2)c2cnc(Nc3ccnc(-c4cn(C)nc4Cl)n3)cc12. The second-order valence-corrected chi connectivity index (χ2v) is 13.3. The average Bonchev–Trinajstić information content (AvgIpc) is 3.37. The topological polar surface area (TPSA) is 106 Å². The van der Waals surface area contributed by atoms with Crippen LogP contribution in [0.2, 0.25) is 5.15 Å². The molecule has 5 heterocycles. The summed E-state index contributed by atoms with van der Waals surface area (Å²) in [6, 6.07) is 8.18. The molecule has 9 nitrogen and oxygen atoms in total. The molecule has 0 spiro atoms. The van der Waals surface area contributed by atoms with Crippen molar-refractivity contribution in [1.29, 1.82) is 0 Å². The lowest BCUT2D eigenvalue weighted by atomic mass is 9.90. The Morgan fingerprint density at radius 2 is 1.92 bits per heavy atom. The minimum atomic E-state index is -2.94. The molecule has 3 aromatic heterocycles. The van der Waals surface area contributed by atoms with E-state index in [-0.39, 0.29) is 11.2 Å². The lowest BCUT2D eigenvalue weighted by Crippen LogP contribution is -2.53. The predicted octanol–water partition coefficient (Wildman–Crippen LogP) is 4.96. The Bertz CT molecular complexity index is 1630. The van der Waals surface area contributed by atoms with Gasteiger partial charge in [-0.3, -0.25) is 4.68 Å². The van der Waals surface area contributed by atoms with Crippen molar-refractivity contribution in [3.05, 3.63) is 53.6 Å². The van der Waals surface area contributed by atoms with Gasteiger partial charge in [-0.05, 0) is 47.9 Å². The molecular weight excluding hydrogens is 522 g/mol. The van der Waals surface area contributed by atoms with Gasteiger partial charge < -0.3 is 10.2 Å². The standard InChI is InChI=1S/C27H30ClN7O2S/c1-16(2)18-6-7-22(35-13-17(14-35)23-5-4-10-38(23,36)37)20-12-30-25(11-19(18)20)31-24-8-9-29-27(32-24)21-15-34(3)33-26(21)28/h6-9,11-12,15-17,23H,4-5,10,13-14H2,1-3H3,(H,29,30,31,32)/t23-/m0/s1. The van der Waals surface area contributed by atoms with E-state index < -0.39 is 9.84 Å². The highest BCUT2D eigenvalue weighted by Gasteiger charge is 2.43. The molecule has 2 fully saturated rings. The number of aromatic nitrogens is 5. The molecule has 2 saturated heterocycles. The van der Waals surface area contributed by atoms with Crippen molar-refractivity contribution in [3.8, 4) is 11.4 Å². The summed E-state index contributed by atoms with van der Waals surface area (Å²) in [5, 5.41) is 9.83. The maximum atomic E-state index is 12.4. The van der Waals surface area contributed by atoms with Gasteiger partial charge in [0.2, 0.25) is 0 Å². The van der Waals surface area contributed by atoms with E-state index in [9.17, 15) is 8.42 Å². The first-order valence-electron chi connectivity index (χ1n) is 12.9. The number of hydrogen-bond acceptors (Lipinski definition) is 8. The van der Waals surface area contributed by atoms with Gasteiger partial charge in [-0.25, -0.2) is 23.4 Å². The minimum absolute atomic E-state index is 0.187. The van der Waals surface area contributed by atoms with E-state index in [0.29, 0.717) is 39.8 Å². The monoisotopic (exact) mass is 551 g/mol. The molecule has 0 saturated carbocycles. The number of nitrogens with one attached hydrogen (secondary N) is 1. The molecule has 11 heteroatoms. The van der Waals surface area contributed by atoms with Gasteiger partial charge in [0.25, 0.3) is 0 Å². The van der Waals surface area contributed by atoms with E-state index in [4.69, 9.17) is 16.6 Å². The van der Waals surface area contributed by atoms with Crippen LogP contribution in [0.5, 0.6) is 0 Å². The van der Waals surface area contributed by atoms with Crippen molar-refractivity contribution in [1.82, 2.24) is 24.7 Å². The van der Waals surface area contributed by atoms with E-state index in [2.05, 4.69) is 57.3 Å². The van der Waals surface area contributed by atoms with Gasteiger partial charge in [-0.2, -0.15) is 5.10 Å². The fourth-order valence-corrected chi connectivity index (χ4v) is 8.09. The minimum Gasteiger partial charge on any atom is -0.370 e. The highest BCUT2D eigenvalue weighted by atomic mass is 35.5. The van der Waals surface area contributed by atoms with Crippen LogP contribution in [-0.4, -0.2) is 57.2 Å². The Morgan fingerprint density at radius 3 is 2.61 bits per heavy atom. The average molecular weight is 552 g/mol. The molecule has 1 aromatic carbocycles. The van der Waals surface area contributed by atoms with E-state index in [1.807, 2.05) is 6.20 Å². The molecule has 0 aliphatic carbocycles. The third-order valence-corrected chi connectivity index (χ3v) is 10.3. The predicted molar refractivity (Wildman–Crippen MR) is 151 cm³/mol. The first kappa shape index (κ1) is 25.1. The van der Waals surface area contributed by atoms with Crippen molar-refractivity contribution in [2.75, 3.05) is 29.1 Å². The number of hydrogen-bond donors (Lipinski definition) is 1. The Morgan fingerprint density at radius 1 is 1.11 bits per heavy atom. The third kappa shape index (κ3) is 4.49. The van der Waals surface area contributed by atoms with Crippen LogP contribution in [0.25, 0.3) is 22.2 Å². The molecule has 0 amide bonds. The Kier molecular flexibility index (Phi) is 6.26. The fraction of sp³-hybridized carbons (Fsp3) is 0.407. The van der Waals surface area contributed by atoms with Crippen molar-refractivity contribution < 1.29 is 8.42 Å².